The standard InChI is InChI=1S/C12H13NO4/c1-2-7-5-9(11(14)15)10(13)6-8(7)12-16-3-4-17-12/h2,5-6,12H,1,3-4,13H2,(H,14,15). The maximum absolute atomic E-state index is 10.9. The molecule has 0 atom stereocenters. The number of carboxylic acid groups (broad SMARTS) is 1. The molecule has 5 nitrogen and oxygen atoms in total. The first-order valence-electron chi connectivity index (χ1n) is 5.16. The summed E-state index contributed by atoms with van der Waals surface area (Å²) >= 11 is 0. The van der Waals surface area contributed by atoms with E-state index in [2.05, 4.69) is 6.58 Å². The van der Waals surface area contributed by atoms with Crippen LogP contribution in [-0.2, 0) is 9.47 Å². The first-order valence-corrected chi connectivity index (χ1v) is 5.16. The molecule has 0 spiro atoms. The monoisotopic (exact) mass is 235 g/mol. The van der Waals surface area contributed by atoms with Crippen molar-refractivity contribution in [2.24, 2.45) is 0 Å². The Kier molecular flexibility index (Phi) is 3.12. The second-order valence-corrected chi connectivity index (χ2v) is 3.65. The Hall–Kier alpha value is -1.85. The average molecular weight is 235 g/mol. The van der Waals surface area contributed by atoms with Gasteiger partial charge in [0.1, 0.15) is 0 Å². The number of rotatable bonds is 3. The summed E-state index contributed by atoms with van der Waals surface area (Å²) in [5, 5.41) is 8.97. The van der Waals surface area contributed by atoms with E-state index >= 15 is 0 Å². The van der Waals surface area contributed by atoms with E-state index < -0.39 is 12.3 Å². The minimum absolute atomic E-state index is 0.0571. The molecule has 0 bridgehead atoms. The number of hydrogen-bond donors (Lipinski definition) is 2. The van der Waals surface area contributed by atoms with Crippen molar-refractivity contribution < 1.29 is 19.4 Å². The number of benzene rings is 1. The molecule has 17 heavy (non-hydrogen) atoms. The summed E-state index contributed by atoms with van der Waals surface area (Å²) in [6.07, 6.45) is 1.07. The van der Waals surface area contributed by atoms with Crippen molar-refractivity contribution in [1.82, 2.24) is 0 Å². The summed E-state index contributed by atoms with van der Waals surface area (Å²) in [5.74, 6) is -1.06. The maximum atomic E-state index is 10.9. The molecule has 1 saturated heterocycles. The van der Waals surface area contributed by atoms with Crippen LogP contribution in [0.3, 0.4) is 0 Å². The molecule has 3 N–H and O–H groups in total. The van der Waals surface area contributed by atoms with Gasteiger partial charge in [0.25, 0.3) is 0 Å². The number of anilines is 1. The highest BCUT2D eigenvalue weighted by atomic mass is 16.7. The molecular weight excluding hydrogens is 222 g/mol. The SMILES string of the molecule is C=Cc1cc(C(=O)O)c(N)cc1C1OCCO1. The number of ether oxygens (including phenoxy) is 2. The molecule has 0 amide bonds. The Balaban J connectivity index is 2.48. The minimum Gasteiger partial charge on any atom is -0.478 e. The number of carboxylic acids is 1. The Morgan fingerprint density at radius 1 is 1.47 bits per heavy atom. The van der Waals surface area contributed by atoms with E-state index in [9.17, 15) is 4.79 Å². The lowest BCUT2D eigenvalue weighted by atomic mass is 10.0. The van der Waals surface area contributed by atoms with Crippen LogP contribution < -0.4 is 5.73 Å². The van der Waals surface area contributed by atoms with Crippen molar-refractivity contribution in [3.05, 3.63) is 35.4 Å². The van der Waals surface area contributed by atoms with Crippen LogP contribution in [0.2, 0.25) is 0 Å². The van der Waals surface area contributed by atoms with E-state index in [0.29, 0.717) is 24.3 Å². The van der Waals surface area contributed by atoms with Crippen molar-refractivity contribution in [2.45, 2.75) is 6.29 Å². The van der Waals surface area contributed by atoms with Gasteiger partial charge in [-0.1, -0.05) is 12.7 Å². The summed E-state index contributed by atoms with van der Waals surface area (Å²) in [6, 6.07) is 3.04. The van der Waals surface area contributed by atoms with E-state index in [1.807, 2.05) is 0 Å². The molecule has 0 unspecified atom stereocenters. The summed E-state index contributed by atoms with van der Waals surface area (Å²) in [6.45, 7) is 4.68. The molecule has 0 aliphatic carbocycles. The van der Waals surface area contributed by atoms with E-state index in [-0.39, 0.29) is 11.3 Å². The van der Waals surface area contributed by atoms with Gasteiger partial charge < -0.3 is 20.3 Å². The van der Waals surface area contributed by atoms with Crippen molar-refractivity contribution in [2.75, 3.05) is 18.9 Å². The normalized spacial score (nSPS) is 16.0. The number of nitrogen functional groups attached to an aromatic ring is 1. The molecular formula is C12H13NO4. The zero-order valence-corrected chi connectivity index (χ0v) is 9.18. The highest BCUT2D eigenvalue weighted by Crippen LogP contribution is 2.30. The molecule has 0 saturated carbocycles. The molecule has 2 rings (SSSR count). The lowest BCUT2D eigenvalue weighted by molar-refractivity contribution is -0.0442. The highest BCUT2D eigenvalue weighted by molar-refractivity contribution is 5.94. The van der Waals surface area contributed by atoms with E-state index in [0.717, 1.165) is 0 Å². The van der Waals surface area contributed by atoms with Crippen molar-refractivity contribution in [1.29, 1.82) is 0 Å². The van der Waals surface area contributed by atoms with Gasteiger partial charge in [-0.3, -0.25) is 0 Å². The van der Waals surface area contributed by atoms with Crippen molar-refractivity contribution >= 4 is 17.7 Å². The second kappa shape index (κ2) is 4.57. The van der Waals surface area contributed by atoms with Crippen LogP contribution in [0.1, 0.15) is 27.8 Å². The molecule has 0 aromatic heterocycles. The smallest absolute Gasteiger partial charge is 0.337 e. The lowest BCUT2D eigenvalue weighted by Crippen LogP contribution is -2.08. The zero-order valence-electron chi connectivity index (χ0n) is 9.18. The molecule has 1 fully saturated rings. The molecule has 1 aliphatic rings. The van der Waals surface area contributed by atoms with Gasteiger partial charge >= 0.3 is 5.97 Å². The van der Waals surface area contributed by atoms with E-state index in [4.69, 9.17) is 20.3 Å². The van der Waals surface area contributed by atoms with Crippen LogP contribution in [-0.4, -0.2) is 24.3 Å². The van der Waals surface area contributed by atoms with Gasteiger partial charge in [-0.05, 0) is 17.7 Å². The zero-order chi connectivity index (χ0) is 12.4. The van der Waals surface area contributed by atoms with Gasteiger partial charge in [-0.15, -0.1) is 0 Å². The van der Waals surface area contributed by atoms with Gasteiger partial charge in [-0.2, -0.15) is 0 Å². The fraction of sp³-hybridized carbons (Fsp3) is 0.250. The topological polar surface area (TPSA) is 81.8 Å². The third-order valence-corrected chi connectivity index (χ3v) is 2.58. The van der Waals surface area contributed by atoms with Crippen molar-refractivity contribution in [3.63, 3.8) is 0 Å². The molecule has 1 aromatic rings. The maximum Gasteiger partial charge on any atom is 0.337 e. The van der Waals surface area contributed by atoms with Crippen LogP contribution in [0.25, 0.3) is 6.08 Å². The first kappa shape index (κ1) is 11.6. The number of aromatic carboxylic acids is 1. The van der Waals surface area contributed by atoms with Crippen LogP contribution >= 0.6 is 0 Å². The Morgan fingerprint density at radius 3 is 2.65 bits per heavy atom. The predicted molar refractivity (Wildman–Crippen MR) is 62.5 cm³/mol. The Bertz CT molecular complexity index is 464. The molecule has 5 heteroatoms. The lowest BCUT2D eigenvalue weighted by Gasteiger charge is -2.14. The minimum atomic E-state index is -1.06. The molecule has 90 valence electrons. The fourth-order valence-corrected chi connectivity index (χ4v) is 1.75. The number of hydrogen-bond acceptors (Lipinski definition) is 4. The van der Waals surface area contributed by atoms with Crippen LogP contribution in [0.5, 0.6) is 0 Å². The largest absolute Gasteiger partial charge is 0.478 e. The molecule has 1 heterocycles. The molecule has 1 aromatic carbocycles. The van der Waals surface area contributed by atoms with Crippen LogP contribution in [0, 0.1) is 0 Å². The Labute approximate surface area is 98.4 Å². The Morgan fingerprint density at radius 2 is 2.12 bits per heavy atom. The van der Waals surface area contributed by atoms with Gasteiger partial charge in [0, 0.05) is 11.3 Å². The summed E-state index contributed by atoms with van der Waals surface area (Å²) in [4.78, 5) is 10.9. The quantitative estimate of drug-likeness (QED) is 0.778. The van der Waals surface area contributed by atoms with Gasteiger partial charge in [0.15, 0.2) is 6.29 Å². The summed E-state index contributed by atoms with van der Waals surface area (Å²) in [5.41, 5.74) is 7.30. The summed E-state index contributed by atoms with van der Waals surface area (Å²) < 4.78 is 10.7. The first-order chi connectivity index (χ1) is 8.13. The average Bonchev–Trinajstić information content (AvgIpc) is 2.81. The second-order valence-electron chi connectivity index (χ2n) is 3.65. The van der Waals surface area contributed by atoms with E-state index in [1.165, 1.54) is 6.07 Å². The van der Waals surface area contributed by atoms with Gasteiger partial charge in [0.05, 0.1) is 18.8 Å². The predicted octanol–water partition coefficient (Wildman–Crippen LogP) is 1.66. The number of carbonyl (C=O) groups is 1. The van der Waals surface area contributed by atoms with E-state index in [1.54, 1.807) is 12.1 Å². The van der Waals surface area contributed by atoms with Crippen molar-refractivity contribution in [3.8, 4) is 0 Å². The fourth-order valence-electron chi connectivity index (χ4n) is 1.75. The summed E-state index contributed by atoms with van der Waals surface area (Å²) in [7, 11) is 0. The molecule has 0 radical (unpaired) electrons. The number of nitrogens with two attached hydrogens (primary N) is 1. The highest BCUT2D eigenvalue weighted by Gasteiger charge is 2.22. The van der Waals surface area contributed by atoms with Crippen LogP contribution in [0.4, 0.5) is 5.69 Å². The van der Waals surface area contributed by atoms with Crippen LogP contribution in [0.15, 0.2) is 18.7 Å². The third kappa shape index (κ3) is 2.15. The van der Waals surface area contributed by atoms with Gasteiger partial charge in [-0.25, -0.2) is 4.79 Å². The van der Waals surface area contributed by atoms with Gasteiger partial charge in [0.2, 0.25) is 0 Å². The molecule has 1 aliphatic heterocycles. The third-order valence-electron chi connectivity index (χ3n) is 2.58.